The minimum atomic E-state index is -3.36. The van der Waals surface area contributed by atoms with E-state index >= 15 is 0 Å². The van der Waals surface area contributed by atoms with Gasteiger partial charge in [-0.3, -0.25) is 9.05 Å². The molecule has 7 heteroatoms. The molecule has 0 fully saturated rings. The summed E-state index contributed by atoms with van der Waals surface area (Å²) in [5.74, 6) is 0. The van der Waals surface area contributed by atoms with Crippen LogP contribution in [0.25, 0.3) is 0 Å². The van der Waals surface area contributed by atoms with Crippen molar-refractivity contribution >= 4 is 7.75 Å². The standard InChI is InChI=1S/C6H18N3O3P/c7-3-1-5-11-13(9,10)12-6-2-4-8/h1-8H2,(H2,9,10). The molecule has 0 aromatic carbocycles. The van der Waals surface area contributed by atoms with E-state index in [1.807, 2.05) is 0 Å². The maximum atomic E-state index is 11.2. The highest BCUT2D eigenvalue weighted by Crippen LogP contribution is 2.38. The molecule has 0 atom stereocenters. The van der Waals surface area contributed by atoms with Crippen molar-refractivity contribution in [1.29, 1.82) is 0 Å². The van der Waals surface area contributed by atoms with Crippen molar-refractivity contribution in [2.24, 2.45) is 17.0 Å². The van der Waals surface area contributed by atoms with Gasteiger partial charge in [-0.05, 0) is 25.9 Å². The van der Waals surface area contributed by atoms with Crippen molar-refractivity contribution in [3.8, 4) is 0 Å². The fourth-order valence-corrected chi connectivity index (χ4v) is 1.43. The molecule has 6 N–H and O–H groups in total. The van der Waals surface area contributed by atoms with E-state index in [0.717, 1.165) is 0 Å². The van der Waals surface area contributed by atoms with Crippen LogP contribution in [-0.2, 0) is 13.6 Å². The predicted octanol–water partition coefficient (Wildman–Crippen LogP) is -0.216. The third-order valence-corrected chi connectivity index (χ3v) is 2.32. The van der Waals surface area contributed by atoms with Crippen LogP contribution < -0.4 is 17.0 Å². The zero-order valence-electron chi connectivity index (χ0n) is 7.65. The highest BCUT2D eigenvalue weighted by atomic mass is 31.2. The van der Waals surface area contributed by atoms with Gasteiger partial charge in [-0.2, -0.15) is 0 Å². The Hall–Kier alpha value is 0.0300. The first-order valence-electron chi connectivity index (χ1n) is 4.20. The van der Waals surface area contributed by atoms with Gasteiger partial charge in [0.25, 0.3) is 0 Å². The average molecular weight is 211 g/mol. The van der Waals surface area contributed by atoms with Gasteiger partial charge >= 0.3 is 7.75 Å². The lowest BCUT2D eigenvalue weighted by molar-refractivity contribution is 0.203. The Labute approximate surface area is 78.3 Å². The summed E-state index contributed by atoms with van der Waals surface area (Å²) < 4.78 is 20.8. The summed E-state index contributed by atoms with van der Waals surface area (Å²) in [4.78, 5) is 0. The lowest BCUT2D eigenvalue weighted by Gasteiger charge is -2.12. The first-order chi connectivity index (χ1) is 6.12. The van der Waals surface area contributed by atoms with Gasteiger partial charge in [-0.25, -0.2) is 10.1 Å². The third-order valence-electron chi connectivity index (χ3n) is 1.24. The van der Waals surface area contributed by atoms with Crippen LogP contribution in [0.15, 0.2) is 0 Å². The van der Waals surface area contributed by atoms with E-state index in [0.29, 0.717) is 25.9 Å². The van der Waals surface area contributed by atoms with Crippen LogP contribution in [0.1, 0.15) is 12.8 Å². The molecule has 0 aliphatic carbocycles. The number of rotatable bonds is 8. The van der Waals surface area contributed by atoms with Gasteiger partial charge < -0.3 is 11.5 Å². The largest absolute Gasteiger partial charge is 0.402 e. The Morgan fingerprint density at radius 3 is 1.69 bits per heavy atom. The van der Waals surface area contributed by atoms with Crippen molar-refractivity contribution in [3.63, 3.8) is 0 Å². The molecule has 0 aliphatic rings. The molecule has 0 radical (unpaired) electrons. The Morgan fingerprint density at radius 2 is 1.38 bits per heavy atom. The molecular formula is C6H18N3O3P. The molecule has 6 nitrogen and oxygen atoms in total. The maximum Gasteiger partial charge on any atom is 0.402 e. The van der Waals surface area contributed by atoms with Crippen LogP contribution in [0.3, 0.4) is 0 Å². The van der Waals surface area contributed by atoms with Gasteiger partial charge in [0.1, 0.15) is 0 Å². The molecule has 0 bridgehead atoms. The topological polar surface area (TPSA) is 114 Å². The van der Waals surface area contributed by atoms with Crippen LogP contribution in [0.5, 0.6) is 0 Å². The van der Waals surface area contributed by atoms with E-state index in [4.69, 9.17) is 26.0 Å². The average Bonchev–Trinajstić information content (AvgIpc) is 2.05. The fraction of sp³-hybridized carbons (Fsp3) is 1.00. The SMILES string of the molecule is NCCCOP(N)(=O)OCCCN. The van der Waals surface area contributed by atoms with Crippen molar-refractivity contribution in [2.45, 2.75) is 12.8 Å². The lowest BCUT2D eigenvalue weighted by atomic mass is 10.5. The molecule has 0 heterocycles. The third kappa shape index (κ3) is 8.36. The first-order valence-corrected chi connectivity index (χ1v) is 5.81. The number of hydrogen-bond donors (Lipinski definition) is 3. The molecule has 0 aliphatic heterocycles. The minimum absolute atomic E-state index is 0.257. The van der Waals surface area contributed by atoms with Crippen LogP contribution in [0.2, 0.25) is 0 Å². The minimum Gasteiger partial charge on any atom is -0.330 e. The molecule has 0 amide bonds. The highest BCUT2D eigenvalue weighted by Gasteiger charge is 2.16. The molecule has 0 saturated heterocycles. The van der Waals surface area contributed by atoms with E-state index in [1.54, 1.807) is 0 Å². The van der Waals surface area contributed by atoms with E-state index < -0.39 is 7.75 Å². The van der Waals surface area contributed by atoms with Gasteiger partial charge in [0.05, 0.1) is 13.2 Å². The molecular weight excluding hydrogens is 193 g/mol. The summed E-state index contributed by atoms with van der Waals surface area (Å²) in [6, 6.07) is 0. The zero-order chi connectivity index (χ0) is 10.2. The summed E-state index contributed by atoms with van der Waals surface area (Å²) in [7, 11) is -3.36. The second-order valence-corrected chi connectivity index (χ2v) is 4.09. The summed E-state index contributed by atoms with van der Waals surface area (Å²) in [6.07, 6.45) is 1.23. The van der Waals surface area contributed by atoms with E-state index in [2.05, 4.69) is 0 Å². The molecule has 0 aromatic heterocycles. The summed E-state index contributed by atoms with van der Waals surface area (Å²) in [5, 5.41) is 0. The van der Waals surface area contributed by atoms with E-state index in [1.165, 1.54) is 0 Å². The number of nitrogens with two attached hydrogens (primary N) is 3. The zero-order valence-corrected chi connectivity index (χ0v) is 8.54. The second kappa shape index (κ2) is 7.44. The van der Waals surface area contributed by atoms with Gasteiger partial charge in [-0.1, -0.05) is 0 Å². The molecule has 0 spiro atoms. The van der Waals surface area contributed by atoms with Crippen molar-refractivity contribution < 1.29 is 13.6 Å². The normalized spacial score (nSPS) is 11.9. The van der Waals surface area contributed by atoms with Gasteiger partial charge in [0.15, 0.2) is 0 Å². The molecule has 80 valence electrons. The Balaban J connectivity index is 3.49. The smallest absolute Gasteiger partial charge is 0.330 e. The van der Waals surface area contributed by atoms with Crippen molar-refractivity contribution in [2.75, 3.05) is 26.3 Å². The monoisotopic (exact) mass is 211 g/mol. The summed E-state index contributed by atoms with van der Waals surface area (Å²) in [5.41, 5.74) is 15.7. The Morgan fingerprint density at radius 1 is 1.00 bits per heavy atom. The fourth-order valence-electron chi connectivity index (χ4n) is 0.588. The summed E-state index contributed by atoms with van der Waals surface area (Å²) in [6.45, 7) is 1.46. The molecule has 13 heavy (non-hydrogen) atoms. The first kappa shape index (κ1) is 13.0. The van der Waals surface area contributed by atoms with Crippen molar-refractivity contribution in [3.05, 3.63) is 0 Å². The molecule has 0 saturated carbocycles. The number of hydrogen-bond acceptors (Lipinski definition) is 5. The van der Waals surface area contributed by atoms with Crippen LogP contribution in [0.4, 0.5) is 0 Å². The van der Waals surface area contributed by atoms with Crippen LogP contribution >= 0.6 is 7.75 Å². The maximum absolute atomic E-state index is 11.2. The van der Waals surface area contributed by atoms with Crippen LogP contribution in [-0.4, -0.2) is 26.3 Å². The van der Waals surface area contributed by atoms with Gasteiger partial charge in [0, 0.05) is 0 Å². The Bertz CT molecular complexity index is 153. The molecule has 0 rings (SSSR count). The molecule has 0 unspecified atom stereocenters. The summed E-state index contributed by atoms with van der Waals surface area (Å²) >= 11 is 0. The molecule has 0 aromatic rings. The van der Waals surface area contributed by atoms with Crippen molar-refractivity contribution in [1.82, 2.24) is 0 Å². The van der Waals surface area contributed by atoms with Crippen LogP contribution in [0, 0.1) is 0 Å². The van der Waals surface area contributed by atoms with E-state index in [-0.39, 0.29) is 13.2 Å². The Kier molecular flexibility index (Phi) is 7.45. The van der Waals surface area contributed by atoms with Gasteiger partial charge in [0.2, 0.25) is 0 Å². The van der Waals surface area contributed by atoms with E-state index in [9.17, 15) is 4.57 Å². The second-order valence-electron chi connectivity index (χ2n) is 2.49. The quantitative estimate of drug-likeness (QED) is 0.378. The van der Waals surface area contributed by atoms with Gasteiger partial charge in [-0.15, -0.1) is 0 Å². The lowest BCUT2D eigenvalue weighted by Crippen LogP contribution is -2.10. The predicted molar refractivity (Wildman–Crippen MR) is 51.0 cm³/mol. The highest BCUT2D eigenvalue weighted by molar-refractivity contribution is 7.51.